The van der Waals surface area contributed by atoms with Gasteiger partial charge in [-0.25, -0.2) is 13.2 Å². The number of nitrogens with zero attached hydrogens (tertiary/aromatic N) is 1. The first kappa shape index (κ1) is 15.4. The standard InChI is InChI=1S/C12H14BrNO5S/c1-7-10(13)4-8(12(16)17)5-11(7)20(18,19)14-3-2-9(15)6-14/h4-5,9,15H,2-3,6H2,1H3,(H,16,17)/t9-/m1/s1. The van der Waals surface area contributed by atoms with Crippen LogP contribution in [-0.4, -0.2) is 48.1 Å². The minimum Gasteiger partial charge on any atom is -0.478 e. The predicted octanol–water partition coefficient (Wildman–Crippen LogP) is 1.21. The van der Waals surface area contributed by atoms with Crippen LogP contribution in [0.5, 0.6) is 0 Å². The van der Waals surface area contributed by atoms with E-state index in [1.165, 1.54) is 10.4 Å². The Morgan fingerprint density at radius 2 is 2.10 bits per heavy atom. The lowest BCUT2D eigenvalue weighted by atomic mass is 10.1. The predicted molar refractivity (Wildman–Crippen MR) is 75.2 cm³/mol. The van der Waals surface area contributed by atoms with Crippen LogP contribution in [0.1, 0.15) is 22.3 Å². The van der Waals surface area contributed by atoms with Gasteiger partial charge in [-0.2, -0.15) is 4.31 Å². The Kier molecular flexibility index (Phi) is 4.19. The zero-order chi connectivity index (χ0) is 15.1. The maximum Gasteiger partial charge on any atom is 0.335 e. The first-order chi connectivity index (χ1) is 9.23. The molecule has 1 fully saturated rings. The topological polar surface area (TPSA) is 94.9 Å². The fraction of sp³-hybridized carbons (Fsp3) is 0.417. The van der Waals surface area contributed by atoms with Crippen LogP contribution in [0.3, 0.4) is 0 Å². The lowest BCUT2D eigenvalue weighted by Crippen LogP contribution is -2.30. The number of aromatic carboxylic acids is 1. The summed E-state index contributed by atoms with van der Waals surface area (Å²) in [6.45, 7) is 1.88. The number of aliphatic hydroxyl groups is 1. The Labute approximate surface area is 125 Å². The average Bonchev–Trinajstić information content (AvgIpc) is 2.79. The number of sulfonamides is 1. The molecule has 0 radical (unpaired) electrons. The lowest BCUT2D eigenvalue weighted by Gasteiger charge is -2.18. The molecule has 0 aliphatic carbocycles. The summed E-state index contributed by atoms with van der Waals surface area (Å²) in [6, 6.07) is 2.53. The van der Waals surface area contributed by atoms with Crippen LogP contribution in [-0.2, 0) is 10.0 Å². The molecule has 1 aromatic rings. The van der Waals surface area contributed by atoms with Gasteiger partial charge < -0.3 is 10.2 Å². The molecule has 2 rings (SSSR count). The van der Waals surface area contributed by atoms with Crippen LogP contribution in [0.15, 0.2) is 21.5 Å². The van der Waals surface area contributed by atoms with Gasteiger partial charge in [0.2, 0.25) is 10.0 Å². The van der Waals surface area contributed by atoms with Crippen molar-refractivity contribution in [3.05, 3.63) is 27.7 Å². The molecule has 6 nitrogen and oxygen atoms in total. The molecule has 1 aromatic carbocycles. The maximum atomic E-state index is 12.5. The Morgan fingerprint density at radius 1 is 1.45 bits per heavy atom. The molecule has 1 saturated heterocycles. The van der Waals surface area contributed by atoms with E-state index in [1.807, 2.05) is 0 Å². The molecular formula is C12H14BrNO5S. The normalized spacial score (nSPS) is 20.2. The van der Waals surface area contributed by atoms with Gasteiger partial charge in [-0.05, 0) is 31.0 Å². The van der Waals surface area contributed by atoms with Crippen molar-refractivity contribution in [2.75, 3.05) is 13.1 Å². The highest BCUT2D eigenvalue weighted by Gasteiger charge is 2.33. The summed E-state index contributed by atoms with van der Waals surface area (Å²) in [5.74, 6) is -1.19. The highest BCUT2D eigenvalue weighted by molar-refractivity contribution is 9.10. The summed E-state index contributed by atoms with van der Waals surface area (Å²) < 4.78 is 26.7. The number of aliphatic hydroxyl groups excluding tert-OH is 1. The molecule has 2 N–H and O–H groups in total. The number of carboxylic acid groups (broad SMARTS) is 1. The van der Waals surface area contributed by atoms with Crippen molar-refractivity contribution in [1.29, 1.82) is 0 Å². The minimum atomic E-state index is -3.80. The van der Waals surface area contributed by atoms with E-state index >= 15 is 0 Å². The third kappa shape index (κ3) is 2.73. The number of carboxylic acids is 1. The summed E-state index contributed by atoms with van der Waals surface area (Å²) in [7, 11) is -3.80. The average molecular weight is 364 g/mol. The minimum absolute atomic E-state index is 0.0384. The molecule has 20 heavy (non-hydrogen) atoms. The van der Waals surface area contributed by atoms with E-state index in [0.29, 0.717) is 16.5 Å². The second-order valence-corrected chi connectivity index (χ2v) is 7.45. The maximum absolute atomic E-state index is 12.5. The van der Waals surface area contributed by atoms with E-state index in [0.717, 1.165) is 6.07 Å². The van der Waals surface area contributed by atoms with E-state index in [-0.39, 0.29) is 23.5 Å². The van der Waals surface area contributed by atoms with Crippen molar-refractivity contribution in [3.63, 3.8) is 0 Å². The molecule has 0 unspecified atom stereocenters. The van der Waals surface area contributed by atoms with Crippen molar-refractivity contribution in [3.8, 4) is 0 Å². The van der Waals surface area contributed by atoms with Crippen molar-refractivity contribution in [2.24, 2.45) is 0 Å². The van der Waals surface area contributed by atoms with Crippen molar-refractivity contribution in [1.82, 2.24) is 4.31 Å². The first-order valence-corrected chi connectivity index (χ1v) is 8.18. The number of β-amino-alcohol motifs (C(OH)–C–C–N with tert-alkyl or cyclic N) is 1. The smallest absolute Gasteiger partial charge is 0.335 e. The summed E-state index contributed by atoms with van der Waals surface area (Å²) >= 11 is 3.18. The molecule has 1 aliphatic rings. The van der Waals surface area contributed by atoms with Gasteiger partial charge in [0, 0.05) is 17.6 Å². The van der Waals surface area contributed by atoms with Crippen LogP contribution in [0.2, 0.25) is 0 Å². The van der Waals surface area contributed by atoms with Crippen molar-refractivity contribution >= 4 is 31.9 Å². The summed E-state index contributed by atoms with van der Waals surface area (Å²) in [6.07, 6.45) is -0.283. The van der Waals surface area contributed by atoms with Gasteiger partial charge in [0.1, 0.15) is 0 Å². The molecule has 8 heteroatoms. The van der Waals surface area contributed by atoms with Crippen molar-refractivity contribution in [2.45, 2.75) is 24.3 Å². The van der Waals surface area contributed by atoms with Crippen LogP contribution >= 0.6 is 15.9 Å². The van der Waals surface area contributed by atoms with Gasteiger partial charge in [0.05, 0.1) is 16.6 Å². The Hall–Kier alpha value is -0.960. The molecule has 0 spiro atoms. The van der Waals surface area contributed by atoms with Gasteiger partial charge in [-0.1, -0.05) is 15.9 Å². The zero-order valence-electron chi connectivity index (χ0n) is 10.7. The van der Waals surface area contributed by atoms with Gasteiger partial charge in [-0.15, -0.1) is 0 Å². The molecule has 0 aromatic heterocycles. The van der Waals surface area contributed by atoms with E-state index in [2.05, 4.69) is 15.9 Å². The number of hydrogen-bond donors (Lipinski definition) is 2. The molecular weight excluding hydrogens is 350 g/mol. The SMILES string of the molecule is Cc1c(Br)cc(C(=O)O)cc1S(=O)(=O)N1CC[C@@H](O)C1. The fourth-order valence-corrected chi connectivity index (χ4v) is 4.47. The zero-order valence-corrected chi connectivity index (χ0v) is 13.1. The number of benzene rings is 1. The monoisotopic (exact) mass is 363 g/mol. The highest BCUT2D eigenvalue weighted by Crippen LogP contribution is 2.29. The number of rotatable bonds is 3. The van der Waals surface area contributed by atoms with Crippen molar-refractivity contribution < 1.29 is 23.4 Å². The van der Waals surface area contributed by atoms with Crippen LogP contribution < -0.4 is 0 Å². The van der Waals surface area contributed by atoms with Crippen LogP contribution in [0.4, 0.5) is 0 Å². The van der Waals surface area contributed by atoms with Gasteiger partial charge >= 0.3 is 5.97 Å². The lowest BCUT2D eigenvalue weighted by molar-refractivity contribution is 0.0696. The molecule has 1 atom stereocenters. The van der Waals surface area contributed by atoms with E-state index in [1.54, 1.807) is 6.92 Å². The number of halogens is 1. The van der Waals surface area contributed by atoms with Gasteiger partial charge in [0.25, 0.3) is 0 Å². The fourth-order valence-electron chi connectivity index (χ4n) is 2.11. The number of hydrogen-bond acceptors (Lipinski definition) is 4. The molecule has 0 saturated carbocycles. The second-order valence-electron chi connectivity index (χ2n) is 4.69. The molecule has 1 aliphatic heterocycles. The van der Waals surface area contributed by atoms with E-state index in [4.69, 9.17) is 5.11 Å². The summed E-state index contributed by atoms with van der Waals surface area (Å²) in [5, 5.41) is 18.5. The number of carbonyl (C=O) groups is 1. The second kappa shape index (κ2) is 5.44. The Morgan fingerprint density at radius 3 is 2.60 bits per heavy atom. The first-order valence-electron chi connectivity index (χ1n) is 5.95. The molecule has 0 bridgehead atoms. The van der Waals surface area contributed by atoms with Crippen LogP contribution in [0, 0.1) is 6.92 Å². The Bertz CT molecular complexity index is 658. The third-order valence-corrected chi connectivity index (χ3v) is 6.10. The summed E-state index contributed by atoms with van der Waals surface area (Å²) in [4.78, 5) is 11.0. The molecule has 1 heterocycles. The van der Waals surface area contributed by atoms with Gasteiger partial charge in [0.15, 0.2) is 0 Å². The quantitative estimate of drug-likeness (QED) is 0.841. The van der Waals surface area contributed by atoms with Gasteiger partial charge in [-0.3, -0.25) is 0 Å². The summed E-state index contributed by atoms with van der Waals surface area (Å²) in [5.41, 5.74) is 0.359. The Balaban J connectivity index is 2.54. The third-order valence-electron chi connectivity index (χ3n) is 3.29. The molecule has 0 amide bonds. The highest BCUT2D eigenvalue weighted by atomic mass is 79.9. The van der Waals surface area contributed by atoms with E-state index in [9.17, 15) is 18.3 Å². The van der Waals surface area contributed by atoms with Crippen LogP contribution in [0.25, 0.3) is 0 Å². The van der Waals surface area contributed by atoms with E-state index < -0.39 is 22.1 Å². The molecule has 110 valence electrons. The largest absolute Gasteiger partial charge is 0.478 e.